The summed E-state index contributed by atoms with van der Waals surface area (Å²) in [6.07, 6.45) is 0. The van der Waals surface area contributed by atoms with Crippen LogP contribution in [0.25, 0.3) is 0 Å². The molecule has 0 atom stereocenters. The van der Waals surface area contributed by atoms with E-state index in [4.69, 9.17) is 4.74 Å². The molecule has 30 heavy (non-hydrogen) atoms. The second-order valence-corrected chi connectivity index (χ2v) is 8.43. The summed E-state index contributed by atoms with van der Waals surface area (Å²) in [4.78, 5) is 12.5. The van der Waals surface area contributed by atoms with Crippen molar-refractivity contribution in [2.24, 2.45) is 0 Å². The molecule has 0 aromatic heterocycles. The van der Waals surface area contributed by atoms with E-state index in [2.05, 4.69) is 10.0 Å². The second kappa shape index (κ2) is 8.54. The smallest absolute Gasteiger partial charge is 0.261 e. The maximum atomic E-state index is 13.4. The van der Waals surface area contributed by atoms with Gasteiger partial charge in [-0.3, -0.25) is 9.52 Å². The van der Waals surface area contributed by atoms with Gasteiger partial charge in [0.1, 0.15) is 11.6 Å². The number of sulfonamides is 1. The van der Waals surface area contributed by atoms with Crippen molar-refractivity contribution in [1.29, 1.82) is 0 Å². The summed E-state index contributed by atoms with van der Waals surface area (Å²) in [5.41, 5.74) is 2.36. The van der Waals surface area contributed by atoms with Crippen LogP contribution in [0, 0.1) is 19.7 Å². The number of ether oxygens (including phenoxy) is 1. The number of amides is 1. The van der Waals surface area contributed by atoms with E-state index >= 15 is 0 Å². The van der Waals surface area contributed by atoms with Crippen LogP contribution in [0.2, 0.25) is 0 Å². The van der Waals surface area contributed by atoms with Crippen molar-refractivity contribution in [3.8, 4) is 5.75 Å². The maximum absolute atomic E-state index is 13.4. The first kappa shape index (κ1) is 21.3. The Balaban J connectivity index is 1.75. The zero-order valence-electron chi connectivity index (χ0n) is 16.7. The van der Waals surface area contributed by atoms with E-state index in [1.807, 2.05) is 13.0 Å². The van der Waals surface area contributed by atoms with Crippen LogP contribution >= 0.6 is 0 Å². The highest BCUT2D eigenvalue weighted by molar-refractivity contribution is 7.92. The van der Waals surface area contributed by atoms with Crippen LogP contribution in [-0.2, 0) is 10.0 Å². The fourth-order valence-corrected chi connectivity index (χ4v) is 3.95. The Bertz CT molecular complexity index is 1190. The molecular weight excluding hydrogens is 407 g/mol. The molecule has 0 aliphatic rings. The fraction of sp³-hybridized carbons (Fsp3) is 0.136. The number of carbonyl (C=O) groups is 1. The molecule has 1 amide bonds. The number of methoxy groups -OCH3 is 1. The molecule has 0 saturated heterocycles. The van der Waals surface area contributed by atoms with Crippen molar-refractivity contribution in [2.45, 2.75) is 18.7 Å². The molecule has 0 unspecified atom stereocenters. The lowest BCUT2D eigenvalue weighted by atomic mass is 10.1. The molecule has 3 aromatic rings. The zero-order valence-corrected chi connectivity index (χ0v) is 17.5. The minimum absolute atomic E-state index is 0.0465. The Morgan fingerprint density at radius 1 is 0.967 bits per heavy atom. The molecule has 0 spiro atoms. The van der Waals surface area contributed by atoms with Gasteiger partial charge in [0.15, 0.2) is 0 Å². The number of benzene rings is 3. The van der Waals surface area contributed by atoms with Crippen molar-refractivity contribution < 1.29 is 22.3 Å². The highest BCUT2D eigenvalue weighted by Crippen LogP contribution is 2.26. The van der Waals surface area contributed by atoms with Gasteiger partial charge in [0.05, 0.1) is 17.7 Å². The molecule has 0 heterocycles. The molecule has 2 N–H and O–H groups in total. The van der Waals surface area contributed by atoms with Gasteiger partial charge < -0.3 is 10.1 Å². The minimum atomic E-state index is -3.88. The van der Waals surface area contributed by atoms with Gasteiger partial charge in [0.25, 0.3) is 15.9 Å². The molecule has 0 radical (unpaired) electrons. The summed E-state index contributed by atoms with van der Waals surface area (Å²) >= 11 is 0. The van der Waals surface area contributed by atoms with Crippen molar-refractivity contribution in [3.05, 3.63) is 83.2 Å². The van der Waals surface area contributed by atoms with E-state index in [9.17, 15) is 17.6 Å². The zero-order chi connectivity index (χ0) is 21.9. The monoisotopic (exact) mass is 428 g/mol. The van der Waals surface area contributed by atoms with Crippen LogP contribution < -0.4 is 14.8 Å². The van der Waals surface area contributed by atoms with Crippen molar-refractivity contribution >= 4 is 27.3 Å². The molecule has 0 bridgehead atoms. The first-order valence-corrected chi connectivity index (χ1v) is 10.5. The van der Waals surface area contributed by atoms with Gasteiger partial charge in [-0.25, -0.2) is 12.8 Å². The summed E-state index contributed by atoms with van der Waals surface area (Å²) in [5, 5.41) is 2.79. The lowest BCUT2D eigenvalue weighted by Gasteiger charge is -2.12. The number of hydrogen-bond donors (Lipinski definition) is 2. The van der Waals surface area contributed by atoms with Gasteiger partial charge in [0.2, 0.25) is 0 Å². The molecule has 3 rings (SSSR count). The number of carbonyl (C=O) groups excluding carboxylic acids is 1. The van der Waals surface area contributed by atoms with Crippen LogP contribution in [0.4, 0.5) is 15.8 Å². The molecule has 0 aliphatic carbocycles. The van der Waals surface area contributed by atoms with Gasteiger partial charge in [0, 0.05) is 11.3 Å². The lowest BCUT2D eigenvalue weighted by Crippen LogP contribution is -2.15. The van der Waals surface area contributed by atoms with Gasteiger partial charge in [-0.15, -0.1) is 0 Å². The summed E-state index contributed by atoms with van der Waals surface area (Å²) in [6.45, 7) is 3.39. The number of hydrogen-bond acceptors (Lipinski definition) is 4. The predicted molar refractivity (Wildman–Crippen MR) is 114 cm³/mol. The SMILES string of the molecule is COc1ccc(C)cc1NC(=O)c1ccc(NS(=O)(=O)c2ccc(F)c(C)c2)cc1. The number of nitrogens with one attached hydrogen (secondary N) is 2. The molecule has 8 heteroatoms. The molecule has 156 valence electrons. The third-order valence-corrected chi connectivity index (χ3v) is 5.82. The largest absolute Gasteiger partial charge is 0.495 e. The van der Waals surface area contributed by atoms with Crippen molar-refractivity contribution in [3.63, 3.8) is 0 Å². The van der Waals surface area contributed by atoms with E-state index in [0.29, 0.717) is 17.0 Å². The normalized spacial score (nSPS) is 11.1. The van der Waals surface area contributed by atoms with Gasteiger partial charge in [-0.05, 0) is 79.6 Å². The van der Waals surface area contributed by atoms with E-state index < -0.39 is 15.8 Å². The van der Waals surface area contributed by atoms with E-state index in [-0.39, 0.29) is 22.1 Å². The Labute approximate surface area is 174 Å². The van der Waals surface area contributed by atoms with Gasteiger partial charge in [-0.2, -0.15) is 0 Å². The third kappa shape index (κ3) is 4.77. The van der Waals surface area contributed by atoms with Crippen LogP contribution in [-0.4, -0.2) is 21.4 Å². The second-order valence-electron chi connectivity index (χ2n) is 6.75. The average molecular weight is 428 g/mol. The van der Waals surface area contributed by atoms with Crippen molar-refractivity contribution in [1.82, 2.24) is 0 Å². The minimum Gasteiger partial charge on any atom is -0.495 e. The van der Waals surface area contributed by atoms with E-state index in [1.54, 1.807) is 12.1 Å². The molecule has 0 saturated carbocycles. The van der Waals surface area contributed by atoms with Crippen LogP contribution in [0.3, 0.4) is 0 Å². The van der Waals surface area contributed by atoms with Crippen LogP contribution in [0.1, 0.15) is 21.5 Å². The predicted octanol–water partition coefficient (Wildman–Crippen LogP) is 4.50. The molecule has 0 fully saturated rings. The first-order chi connectivity index (χ1) is 14.2. The van der Waals surface area contributed by atoms with Crippen molar-refractivity contribution in [2.75, 3.05) is 17.1 Å². The first-order valence-electron chi connectivity index (χ1n) is 9.04. The highest BCUT2D eigenvalue weighted by atomic mass is 32.2. The maximum Gasteiger partial charge on any atom is 0.261 e. The molecular formula is C22H21FN2O4S. The molecule has 6 nitrogen and oxygen atoms in total. The molecule has 3 aromatic carbocycles. The number of anilines is 2. The topological polar surface area (TPSA) is 84.5 Å². The summed E-state index contributed by atoms with van der Waals surface area (Å²) in [5.74, 6) is -0.301. The number of aryl methyl sites for hydroxylation is 2. The lowest BCUT2D eigenvalue weighted by molar-refractivity contribution is 0.102. The van der Waals surface area contributed by atoms with Crippen LogP contribution in [0.5, 0.6) is 5.75 Å². The van der Waals surface area contributed by atoms with E-state index in [0.717, 1.165) is 11.6 Å². The Kier molecular flexibility index (Phi) is 6.07. The summed E-state index contributed by atoms with van der Waals surface area (Å²) in [6, 6.07) is 15.0. The van der Waals surface area contributed by atoms with Gasteiger partial charge in [-0.1, -0.05) is 6.07 Å². The quantitative estimate of drug-likeness (QED) is 0.605. The Morgan fingerprint density at radius 2 is 1.67 bits per heavy atom. The summed E-state index contributed by atoms with van der Waals surface area (Å²) < 4.78 is 46.1. The highest BCUT2D eigenvalue weighted by Gasteiger charge is 2.16. The Morgan fingerprint density at radius 3 is 2.30 bits per heavy atom. The Hall–Kier alpha value is -3.39. The van der Waals surface area contributed by atoms with Gasteiger partial charge >= 0.3 is 0 Å². The average Bonchev–Trinajstić information content (AvgIpc) is 2.70. The van der Waals surface area contributed by atoms with Crippen LogP contribution in [0.15, 0.2) is 65.6 Å². The number of halogens is 1. The fourth-order valence-electron chi connectivity index (χ4n) is 2.80. The number of rotatable bonds is 6. The molecule has 0 aliphatic heterocycles. The van der Waals surface area contributed by atoms with E-state index in [1.165, 1.54) is 50.4 Å². The standard InChI is InChI=1S/C22H21FN2O4S/c1-14-4-11-21(29-3)20(12-14)24-22(26)16-5-7-17(8-6-16)25-30(27,28)18-9-10-19(23)15(2)13-18/h4-13,25H,1-3H3,(H,24,26). The summed E-state index contributed by atoms with van der Waals surface area (Å²) in [7, 11) is -2.36. The third-order valence-electron chi connectivity index (χ3n) is 4.44.